The summed E-state index contributed by atoms with van der Waals surface area (Å²) in [7, 11) is -3.76. The van der Waals surface area contributed by atoms with Gasteiger partial charge in [0.2, 0.25) is 10.0 Å². The minimum Gasteiger partial charge on any atom is -0.508 e. The molecule has 8 nitrogen and oxygen atoms in total. The number of fused-ring (bicyclic) bond motifs is 1. The number of phenolic OH excluding ortho intramolecular Hbond substituents is 1. The van der Waals surface area contributed by atoms with E-state index in [4.69, 9.17) is 4.42 Å². The lowest BCUT2D eigenvalue weighted by Gasteiger charge is -2.34. The van der Waals surface area contributed by atoms with Crippen LogP contribution < -0.4 is 5.63 Å². The molecule has 1 aromatic heterocycles. The first-order valence-electron chi connectivity index (χ1n) is 10.3. The molecule has 32 heavy (non-hydrogen) atoms. The maximum atomic E-state index is 13.0. The summed E-state index contributed by atoms with van der Waals surface area (Å²) in [6, 6.07) is 12.9. The Morgan fingerprint density at radius 2 is 1.81 bits per heavy atom. The van der Waals surface area contributed by atoms with E-state index in [1.54, 1.807) is 12.1 Å². The van der Waals surface area contributed by atoms with Crippen molar-refractivity contribution in [2.75, 3.05) is 26.2 Å². The summed E-state index contributed by atoms with van der Waals surface area (Å²) >= 11 is 0. The summed E-state index contributed by atoms with van der Waals surface area (Å²) in [6.07, 6.45) is 0.640. The molecular weight excluding hydrogens is 430 g/mol. The zero-order valence-electron chi connectivity index (χ0n) is 17.6. The van der Waals surface area contributed by atoms with Crippen molar-refractivity contribution in [2.24, 2.45) is 0 Å². The predicted molar refractivity (Wildman–Crippen MR) is 119 cm³/mol. The lowest BCUT2D eigenvalue weighted by atomic mass is 10.0. The van der Waals surface area contributed by atoms with Crippen molar-refractivity contribution in [1.82, 2.24) is 9.21 Å². The van der Waals surface area contributed by atoms with Gasteiger partial charge >= 0.3 is 5.63 Å². The minimum atomic E-state index is -3.76. The van der Waals surface area contributed by atoms with E-state index in [9.17, 15) is 23.6 Å². The van der Waals surface area contributed by atoms with Gasteiger partial charge in [0, 0.05) is 50.2 Å². The normalized spacial score (nSPS) is 15.6. The van der Waals surface area contributed by atoms with E-state index in [2.05, 4.69) is 4.90 Å². The number of sulfonamides is 1. The molecule has 3 aromatic rings. The number of aryl methyl sites for hydroxylation is 1. The van der Waals surface area contributed by atoms with E-state index in [0.29, 0.717) is 31.6 Å². The Balaban J connectivity index is 1.54. The van der Waals surface area contributed by atoms with E-state index in [1.807, 2.05) is 19.1 Å². The molecule has 0 unspecified atom stereocenters. The average molecular weight is 454 g/mol. The Bertz CT molecular complexity index is 1370. The van der Waals surface area contributed by atoms with Gasteiger partial charge in [-0.05, 0) is 35.7 Å². The van der Waals surface area contributed by atoms with Crippen LogP contribution in [0.4, 0.5) is 0 Å². The lowest BCUT2D eigenvalue weighted by molar-refractivity contribution is 0.182. The molecule has 0 atom stereocenters. The number of nitrogens with zero attached hydrogens (tertiary/aromatic N) is 3. The molecule has 1 aliphatic heterocycles. The highest BCUT2D eigenvalue weighted by molar-refractivity contribution is 7.89. The molecule has 2 heterocycles. The molecule has 0 bridgehead atoms. The fourth-order valence-corrected chi connectivity index (χ4v) is 5.58. The summed E-state index contributed by atoms with van der Waals surface area (Å²) < 4.78 is 32.7. The first kappa shape index (κ1) is 22.0. The molecule has 1 aliphatic rings. The number of phenols is 1. The molecule has 0 amide bonds. The first-order chi connectivity index (χ1) is 15.3. The van der Waals surface area contributed by atoms with Gasteiger partial charge in [-0.1, -0.05) is 19.1 Å². The summed E-state index contributed by atoms with van der Waals surface area (Å²) in [4.78, 5) is 14.1. The van der Waals surface area contributed by atoms with Crippen molar-refractivity contribution in [2.45, 2.75) is 24.8 Å². The largest absolute Gasteiger partial charge is 0.508 e. The van der Waals surface area contributed by atoms with E-state index < -0.39 is 15.6 Å². The number of hydrogen-bond donors (Lipinski definition) is 1. The minimum absolute atomic E-state index is 0.0227. The van der Waals surface area contributed by atoms with Gasteiger partial charge in [-0.2, -0.15) is 9.57 Å². The number of benzene rings is 2. The molecule has 0 spiro atoms. The molecule has 0 aliphatic carbocycles. The van der Waals surface area contributed by atoms with Crippen LogP contribution in [0.2, 0.25) is 0 Å². The molecule has 1 N–H and O–H groups in total. The van der Waals surface area contributed by atoms with Crippen LogP contribution in [-0.4, -0.2) is 48.9 Å². The smallest absolute Gasteiger partial charge is 0.336 e. The van der Waals surface area contributed by atoms with Crippen molar-refractivity contribution in [1.29, 1.82) is 5.26 Å². The Labute approximate surface area is 186 Å². The van der Waals surface area contributed by atoms with E-state index >= 15 is 0 Å². The summed E-state index contributed by atoms with van der Waals surface area (Å²) in [6.45, 7) is 3.91. The van der Waals surface area contributed by atoms with Crippen LogP contribution >= 0.6 is 0 Å². The summed E-state index contributed by atoms with van der Waals surface area (Å²) in [5, 5.41) is 20.1. The highest BCUT2D eigenvalue weighted by Crippen LogP contribution is 2.28. The zero-order valence-corrected chi connectivity index (χ0v) is 18.4. The van der Waals surface area contributed by atoms with Crippen LogP contribution in [-0.2, 0) is 23.0 Å². The fourth-order valence-electron chi connectivity index (χ4n) is 4.01. The van der Waals surface area contributed by atoms with Gasteiger partial charge in [0.05, 0.1) is 10.5 Å². The summed E-state index contributed by atoms with van der Waals surface area (Å²) in [5.74, 6) is 0.0942. The maximum absolute atomic E-state index is 13.0. The van der Waals surface area contributed by atoms with Crippen LogP contribution in [0.1, 0.15) is 23.6 Å². The molecule has 0 radical (unpaired) electrons. The number of rotatable bonds is 5. The quantitative estimate of drug-likeness (QED) is 0.590. The van der Waals surface area contributed by atoms with Gasteiger partial charge in [0.25, 0.3) is 0 Å². The van der Waals surface area contributed by atoms with Crippen LogP contribution in [0.15, 0.2) is 56.6 Å². The number of hydrogen-bond acceptors (Lipinski definition) is 7. The van der Waals surface area contributed by atoms with Crippen LogP contribution in [0.25, 0.3) is 11.0 Å². The van der Waals surface area contributed by atoms with Crippen molar-refractivity contribution in [3.8, 4) is 11.8 Å². The van der Waals surface area contributed by atoms with Crippen LogP contribution in [0.3, 0.4) is 0 Å². The molecule has 0 saturated carbocycles. The number of nitriles is 1. The second kappa shape index (κ2) is 8.74. The standard InChI is InChI=1S/C23H23N3O5S/c1-2-16-11-19-18(12-23(28)31-21(19)13-20(16)27)15-25-7-9-26(10-8-25)32(29,30)22-6-4-3-5-17(22)14-24/h3-6,11-13,27H,2,7-10,15H2,1H3. The second-order valence-electron chi connectivity index (χ2n) is 7.71. The van der Waals surface area contributed by atoms with Crippen molar-refractivity contribution in [3.05, 3.63) is 69.6 Å². The van der Waals surface area contributed by atoms with Crippen LogP contribution in [0.5, 0.6) is 5.75 Å². The first-order valence-corrected chi connectivity index (χ1v) is 11.8. The van der Waals surface area contributed by atoms with E-state index in [1.165, 1.54) is 28.6 Å². The zero-order chi connectivity index (χ0) is 22.9. The van der Waals surface area contributed by atoms with Gasteiger partial charge in [-0.15, -0.1) is 0 Å². The monoisotopic (exact) mass is 453 g/mol. The highest BCUT2D eigenvalue weighted by Gasteiger charge is 2.30. The van der Waals surface area contributed by atoms with Crippen LogP contribution in [0, 0.1) is 11.3 Å². The molecule has 1 saturated heterocycles. The van der Waals surface area contributed by atoms with Crippen molar-refractivity contribution in [3.63, 3.8) is 0 Å². The maximum Gasteiger partial charge on any atom is 0.336 e. The van der Waals surface area contributed by atoms with Crippen molar-refractivity contribution >= 4 is 21.0 Å². The highest BCUT2D eigenvalue weighted by atomic mass is 32.2. The summed E-state index contributed by atoms with van der Waals surface area (Å²) in [5.41, 5.74) is 1.51. The third-order valence-corrected chi connectivity index (χ3v) is 7.72. The number of piperazine rings is 1. The molecule has 166 valence electrons. The van der Waals surface area contributed by atoms with Crippen molar-refractivity contribution < 1.29 is 17.9 Å². The van der Waals surface area contributed by atoms with Gasteiger partial charge in [-0.3, -0.25) is 4.90 Å². The topological polar surface area (TPSA) is 115 Å². The Morgan fingerprint density at radius 1 is 1.09 bits per heavy atom. The van der Waals surface area contributed by atoms with Gasteiger partial charge in [0.15, 0.2) is 0 Å². The molecular formula is C23H23N3O5S. The Kier molecular flexibility index (Phi) is 6.02. The second-order valence-corrected chi connectivity index (χ2v) is 9.62. The van der Waals surface area contributed by atoms with Gasteiger partial charge < -0.3 is 9.52 Å². The van der Waals surface area contributed by atoms with Gasteiger partial charge in [0.1, 0.15) is 17.4 Å². The molecule has 2 aromatic carbocycles. The molecule has 1 fully saturated rings. The third-order valence-electron chi connectivity index (χ3n) is 5.76. The fraction of sp³-hybridized carbons (Fsp3) is 0.304. The average Bonchev–Trinajstić information content (AvgIpc) is 2.79. The predicted octanol–water partition coefficient (Wildman–Crippen LogP) is 2.44. The Morgan fingerprint density at radius 3 is 2.50 bits per heavy atom. The molecule has 4 rings (SSSR count). The van der Waals surface area contributed by atoms with Gasteiger partial charge in [-0.25, -0.2) is 13.2 Å². The lowest BCUT2D eigenvalue weighted by Crippen LogP contribution is -2.48. The third kappa shape index (κ3) is 4.12. The van der Waals surface area contributed by atoms with E-state index in [0.717, 1.165) is 16.5 Å². The molecule has 9 heteroatoms. The van der Waals surface area contributed by atoms with E-state index in [-0.39, 0.29) is 29.3 Å². The SMILES string of the molecule is CCc1cc2c(CN3CCN(S(=O)(=O)c4ccccc4C#N)CC3)cc(=O)oc2cc1O. The number of aromatic hydroxyl groups is 1. The Hall–Kier alpha value is -3.19.